The second-order valence-corrected chi connectivity index (χ2v) is 13.4. The van der Waals surface area contributed by atoms with Crippen LogP contribution in [0.15, 0.2) is 49.6 Å². The van der Waals surface area contributed by atoms with Crippen molar-refractivity contribution in [3.8, 4) is 0 Å². The van der Waals surface area contributed by atoms with Gasteiger partial charge in [-0.1, -0.05) is 28.1 Å². The summed E-state index contributed by atoms with van der Waals surface area (Å²) in [6.45, 7) is 16.6. The second kappa shape index (κ2) is 15.1. The molecule has 252 valence electrons. The van der Waals surface area contributed by atoms with E-state index in [1.807, 2.05) is 24.3 Å². The van der Waals surface area contributed by atoms with E-state index in [2.05, 4.69) is 53.2 Å². The zero-order valence-electron chi connectivity index (χ0n) is 27.2. The number of benzene rings is 1. The molecule has 0 aromatic heterocycles. The van der Waals surface area contributed by atoms with E-state index in [4.69, 9.17) is 9.47 Å². The first-order valence-electron chi connectivity index (χ1n) is 16.1. The number of aliphatic hydroxyl groups excluding tert-OH is 1. The number of fused-ring (bicyclic) bond motifs is 1. The SMILES string of the molecule is C=CCCC(=O)NC[C@@H](C)OC(=O)[C@@H]1[C@H]2O[C@@]3(CC2Br)[C@H](C(=O)N(CC=C)c2ccc(N(CC)CC)cc2)N([C@H](C)CO)C(=O)[C@@H]13. The van der Waals surface area contributed by atoms with Crippen LogP contribution in [0.2, 0.25) is 0 Å². The maximum absolute atomic E-state index is 14.7. The van der Waals surface area contributed by atoms with Crippen LogP contribution >= 0.6 is 15.9 Å². The van der Waals surface area contributed by atoms with Crippen molar-refractivity contribution in [3.05, 3.63) is 49.6 Å². The number of nitrogens with zero attached hydrogens (tertiary/aromatic N) is 3. The fraction of sp³-hybridized carbons (Fsp3) is 0.588. The van der Waals surface area contributed by atoms with E-state index in [9.17, 15) is 24.3 Å². The van der Waals surface area contributed by atoms with Crippen molar-refractivity contribution in [1.82, 2.24) is 10.2 Å². The summed E-state index contributed by atoms with van der Waals surface area (Å²) in [6, 6.07) is 5.86. The van der Waals surface area contributed by atoms with Gasteiger partial charge in [-0.3, -0.25) is 19.2 Å². The molecule has 3 fully saturated rings. The Morgan fingerprint density at radius 2 is 1.83 bits per heavy atom. The normalized spacial score (nSPS) is 27.5. The van der Waals surface area contributed by atoms with Gasteiger partial charge in [-0.05, 0) is 64.8 Å². The number of hydrogen-bond acceptors (Lipinski definition) is 8. The molecule has 11 nitrogen and oxygen atoms in total. The Labute approximate surface area is 280 Å². The number of carbonyl (C=O) groups is 4. The van der Waals surface area contributed by atoms with Crippen LogP contribution in [0.5, 0.6) is 0 Å². The van der Waals surface area contributed by atoms with Crippen molar-refractivity contribution in [2.45, 2.75) is 81.7 Å². The fourth-order valence-corrected chi connectivity index (χ4v) is 8.05. The molecule has 3 aliphatic heterocycles. The highest BCUT2D eigenvalue weighted by atomic mass is 79.9. The smallest absolute Gasteiger partial charge is 0.312 e. The van der Waals surface area contributed by atoms with E-state index in [-0.39, 0.29) is 42.8 Å². The van der Waals surface area contributed by atoms with Crippen LogP contribution in [0, 0.1) is 11.8 Å². The summed E-state index contributed by atoms with van der Waals surface area (Å²) in [5.74, 6) is -3.56. The molecule has 0 saturated carbocycles. The standard InChI is InChI=1S/C34H47BrN4O7/c1-7-11-12-26(41)36-19-22(6)45-33(44)27-28-31(42)39(21(5)20-40)30(34(28)18-25(35)29(27)46-34)32(43)38(17-8-2)24-15-13-23(14-16-24)37(9-3)10-4/h7-8,13-16,21-22,25,27-30,40H,1-2,9-12,17-20H2,3-6H3,(H,36,41)/t21-,22-,25?,27+,28-,29+,30+,34-/m1/s1. The number of ether oxygens (including phenoxy) is 2. The number of esters is 1. The molecule has 0 aliphatic carbocycles. The Balaban J connectivity index is 1.64. The topological polar surface area (TPSA) is 129 Å². The van der Waals surface area contributed by atoms with E-state index in [0.29, 0.717) is 18.5 Å². The molecule has 3 saturated heterocycles. The van der Waals surface area contributed by atoms with Crippen LogP contribution in [-0.2, 0) is 28.7 Å². The van der Waals surface area contributed by atoms with Gasteiger partial charge in [0.05, 0.1) is 37.1 Å². The van der Waals surface area contributed by atoms with Crippen molar-refractivity contribution in [2.75, 3.05) is 42.6 Å². The number of likely N-dealkylation sites (tertiary alicyclic amines) is 1. The third kappa shape index (κ3) is 6.61. The summed E-state index contributed by atoms with van der Waals surface area (Å²) in [4.78, 5) is 59.6. The predicted molar refractivity (Wildman–Crippen MR) is 180 cm³/mol. The second-order valence-electron chi connectivity index (χ2n) is 12.2. The lowest BCUT2D eigenvalue weighted by Crippen LogP contribution is -2.58. The Hall–Kier alpha value is -3.22. The van der Waals surface area contributed by atoms with E-state index >= 15 is 0 Å². The molecule has 3 aliphatic rings. The minimum Gasteiger partial charge on any atom is -0.460 e. The first kappa shape index (κ1) is 35.6. The van der Waals surface area contributed by atoms with Crippen molar-refractivity contribution in [1.29, 1.82) is 0 Å². The molecule has 0 radical (unpaired) electrons. The van der Waals surface area contributed by atoms with Gasteiger partial charge in [0.1, 0.15) is 17.7 Å². The zero-order valence-corrected chi connectivity index (χ0v) is 28.8. The highest BCUT2D eigenvalue weighted by Gasteiger charge is 2.77. The summed E-state index contributed by atoms with van der Waals surface area (Å²) in [7, 11) is 0. The van der Waals surface area contributed by atoms with Crippen LogP contribution in [0.3, 0.4) is 0 Å². The molecule has 1 aromatic rings. The Morgan fingerprint density at radius 3 is 2.41 bits per heavy atom. The lowest BCUT2D eigenvalue weighted by Gasteiger charge is -2.38. The number of rotatable bonds is 16. The highest BCUT2D eigenvalue weighted by molar-refractivity contribution is 9.09. The lowest BCUT2D eigenvalue weighted by molar-refractivity contribution is -0.159. The summed E-state index contributed by atoms with van der Waals surface area (Å²) < 4.78 is 12.3. The summed E-state index contributed by atoms with van der Waals surface area (Å²) in [6.07, 6.45) is 3.06. The number of carbonyl (C=O) groups excluding carboxylic acids is 4. The van der Waals surface area contributed by atoms with Gasteiger partial charge in [0, 0.05) is 42.3 Å². The minimum atomic E-state index is -1.32. The molecule has 2 bridgehead atoms. The fourth-order valence-electron chi connectivity index (χ4n) is 7.11. The Kier molecular flexibility index (Phi) is 11.7. The molecule has 4 rings (SSSR count). The summed E-state index contributed by atoms with van der Waals surface area (Å²) in [5.41, 5.74) is 0.340. The van der Waals surface area contributed by atoms with Gasteiger partial charge in [0.15, 0.2) is 0 Å². The van der Waals surface area contributed by atoms with E-state index < -0.39 is 53.6 Å². The van der Waals surface area contributed by atoms with Gasteiger partial charge in [0.2, 0.25) is 11.8 Å². The Bertz CT molecular complexity index is 1300. The van der Waals surface area contributed by atoms with Crippen LogP contribution in [-0.4, -0.2) is 101 Å². The van der Waals surface area contributed by atoms with Gasteiger partial charge in [-0.15, -0.1) is 13.2 Å². The molecule has 8 atom stereocenters. The average Bonchev–Trinajstić information content (AvgIpc) is 3.65. The number of anilines is 2. The lowest BCUT2D eigenvalue weighted by atomic mass is 9.70. The Morgan fingerprint density at radius 1 is 1.17 bits per heavy atom. The van der Waals surface area contributed by atoms with Crippen molar-refractivity contribution >= 4 is 51.0 Å². The zero-order chi connectivity index (χ0) is 33.8. The molecule has 1 aromatic carbocycles. The third-order valence-corrected chi connectivity index (χ3v) is 10.2. The maximum atomic E-state index is 14.7. The molecule has 1 unspecified atom stereocenters. The largest absolute Gasteiger partial charge is 0.460 e. The highest BCUT2D eigenvalue weighted by Crippen LogP contribution is 2.60. The van der Waals surface area contributed by atoms with Crippen molar-refractivity contribution in [2.24, 2.45) is 11.8 Å². The van der Waals surface area contributed by atoms with Crippen LogP contribution < -0.4 is 15.1 Å². The quantitative estimate of drug-likeness (QED) is 0.153. The monoisotopic (exact) mass is 702 g/mol. The number of allylic oxidation sites excluding steroid dienone is 1. The number of aliphatic hydroxyl groups is 1. The molecule has 46 heavy (non-hydrogen) atoms. The van der Waals surface area contributed by atoms with Gasteiger partial charge >= 0.3 is 5.97 Å². The van der Waals surface area contributed by atoms with Crippen molar-refractivity contribution < 1.29 is 33.8 Å². The van der Waals surface area contributed by atoms with Crippen LogP contribution in [0.1, 0.15) is 47.0 Å². The predicted octanol–water partition coefficient (Wildman–Crippen LogP) is 3.19. The molecule has 12 heteroatoms. The van der Waals surface area contributed by atoms with Gasteiger partial charge in [-0.2, -0.15) is 0 Å². The number of alkyl halides is 1. The number of hydrogen-bond donors (Lipinski definition) is 2. The van der Waals surface area contributed by atoms with E-state index in [0.717, 1.165) is 18.8 Å². The number of nitrogens with one attached hydrogen (secondary N) is 1. The van der Waals surface area contributed by atoms with Crippen LogP contribution in [0.25, 0.3) is 0 Å². The molecule has 1 spiro atoms. The molecule has 3 heterocycles. The molecule has 3 amide bonds. The van der Waals surface area contributed by atoms with Gasteiger partial charge < -0.3 is 34.6 Å². The number of amides is 3. The molecule has 2 N–H and O–H groups in total. The first-order chi connectivity index (χ1) is 22.0. The average molecular weight is 704 g/mol. The maximum Gasteiger partial charge on any atom is 0.312 e. The number of halogens is 1. The summed E-state index contributed by atoms with van der Waals surface area (Å²) in [5, 5.41) is 13.0. The van der Waals surface area contributed by atoms with Gasteiger partial charge in [-0.25, -0.2) is 0 Å². The molecular weight excluding hydrogens is 656 g/mol. The van der Waals surface area contributed by atoms with Crippen molar-refractivity contribution in [3.63, 3.8) is 0 Å². The van der Waals surface area contributed by atoms with Gasteiger partial charge in [0.25, 0.3) is 5.91 Å². The van der Waals surface area contributed by atoms with E-state index in [1.165, 1.54) is 4.90 Å². The first-order valence-corrected chi connectivity index (χ1v) is 17.0. The molecular formula is C34H47BrN4O7. The van der Waals surface area contributed by atoms with Crippen LogP contribution in [0.4, 0.5) is 11.4 Å². The minimum absolute atomic E-state index is 0.111. The van der Waals surface area contributed by atoms with E-state index in [1.54, 1.807) is 30.9 Å². The summed E-state index contributed by atoms with van der Waals surface area (Å²) >= 11 is 3.67. The third-order valence-electron chi connectivity index (χ3n) is 9.32.